The SMILES string of the molecule is c1ccc(-c2ccc(-c3nc(-c4ccccc4)nc(-n4c5ccccc5c5ccc(-c6cccc(-c7ccc8c(c7)Oc7ccccc7N8c7cccc8c7oc7ccccc78)c6)cc54)n3)cc2)cc1. The lowest BCUT2D eigenvalue weighted by molar-refractivity contribution is 0.477. The first-order valence-electron chi connectivity index (χ1n) is 23.4. The van der Waals surface area contributed by atoms with Crippen molar-refractivity contribution in [2.24, 2.45) is 0 Å². The average molecular weight is 898 g/mol. The van der Waals surface area contributed by atoms with E-state index in [2.05, 4.69) is 179 Å². The second-order valence-electron chi connectivity index (χ2n) is 17.6. The van der Waals surface area contributed by atoms with Gasteiger partial charge in [0.2, 0.25) is 5.95 Å². The molecule has 7 nitrogen and oxygen atoms in total. The fraction of sp³-hybridized carbons (Fsp3) is 0. The number of furan rings is 1. The van der Waals surface area contributed by atoms with Crippen molar-refractivity contribution >= 4 is 60.8 Å². The fourth-order valence-electron chi connectivity index (χ4n) is 10.1. The van der Waals surface area contributed by atoms with Crippen LogP contribution in [-0.4, -0.2) is 19.5 Å². The second kappa shape index (κ2) is 16.0. The van der Waals surface area contributed by atoms with Crippen LogP contribution in [0.5, 0.6) is 11.5 Å². The standard InChI is InChI=1S/C63H39N5O2/c1-3-15-40(16-4-1)41-29-31-43(32-30-41)62-64-61(42-17-5-2-6-18-42)65-63(66-62)68-52-24-9-7-21-48(52)49-35-33-46(38-56(49)68)44-19-13-20-45(37-44)47-34-36-54-59(39-47)69-58-28-12-10-25-53(58)67(54)55-26-14-23-51-50-22-8-11-27-57(50)70-60(51)55/h1-39H. The molecule has 70 heavy (non-hydrogen) atoms. The van der Waals surface area contributed by atoms with E-state index in [0.29, 0.717) is 17.6 Å². The molecule has 7 heteroatoms. The quantitative estimate of drug-likeness (QED) is 0.159. The summed E-state index contributed by atoms with van der Waals surface area (Å²) in [5.74, 6) is 3.30. The van der Waals surface area contributed by atoms with E-state index in [4.69, 9.17) is 24.1 Å². The van der Waals surface area contributed by atoms with E-state index in [9.17, 15) is 0 Å². The number of hydrogen-bond acceptors (Lipinski definition) is 6. The van der Waals surface area contributed by atoms with Gasteiger partial charge in [-0.05, 0) is 88.0 Å². The van der Waals surface area contributed by atoms with E-state index < -0.39 is 0 Å². The van der Waals surface area contributed by atoms with Crippen LogP contribution < -0.4 is 9.64 Å². The van der Waals surface area contributed by atoms with Gasteiger partial charge in [-0.3, -0.25) is 9.47 Å². The molecule has 0 saturated carbocycles. The summed E-state index contributed by atoms with van der Waals surface area (Å²) in [6.07, 6.45) is 0. The van der Waals surface area contributed by atoms with Crippen LogP contribution >= 0.6 is 0 Å². The topological polar surface area (TPSA) is 69.2 Å². The number of anilines is 3. The average Bonchev–Trinajstić information content (AvgIpc) is 3.99. The van der Waals surface area contributed by atoms with Gasteiger partial charge in [-0.25, -0.2) is 4.98 Å². The molecule has 13 aromatic rings. The first-order valence-corrected chi connectivity index (χ1v) is 23.4. The van der Waals surface area contributed by atoms with Crippen molar-refractivity contribution in [3.63, 3.8) is 0 Å². The van der Waals surface area contributed by atoms with Crippen LogP contribution in [0, 0.1) is 0 Å². The maximum atomic E-state index is 6.71. The number of ether oxygens (including phenoxy) is 1. The third kappa shape index (κ3) is 6.55. The van der Waals surface area contributed by atoms with Gasteiger partial charge in [0.05, 0.1) is 28.1 Å². The van der Waals surface area contributed by atoms with Crippen molar-refractivity contribution in [2.75, 3.05) is 4.90 Å². The Hall–Kier alpha value is -9.59. The summed E-state index contributed by atoms with van der Waals surface area (Å²) in [4.78, 5) is 17.8. The van der Waals surface area contributed by atoms with Crippen LogP contribution in [0.25, 0.3) is 106 Å². The Bertz CT molecular complexity index is 4160. The normalized spacial score (nSPS) is 12.1. The summed E-state index contributed by atoms with van der Waals surface area (Å²) in [7, 11) is 0. The number of nitrogens with zero attached hydrogens (tertiary/aromatic N) is 5. The Balaban J connectivity index is 0.871. The van der Waals surface area contributed by atoms with E-state index in [1.165, 1.54) is 0 Å². The van der Waals surface area contributed by atoms with Crippen molar-refractivity contribution in [1.29, 1.82) is 0 Å². The van der Waals surface area contributed by atoms with Gasteiger partial charge in [0.25, 0.3) is 0 Å². The molecule has 0 saturated heterocycles. The molecule has 0 fully saturated rings. The molecule has 3 aromatic heterocycles. The highest BCUT2D eigenvalue weighted by atomic mass is 16.5. The van der Waals surface area contributed by atoms with Crippen molar-refractivity contribution in [3.8, 4) is 73.6 Å². The minimum absolute atomic E-state index is 0.550. The minimum atomic E-state index is 0.550. The van der Waals surface area contributed by atoms with E-state index in [1.807, 2.05) is 66.7 Å². The molecule has 0 bridgehead atoms. The van der Waals surface area contributed by atoms with E-state index in [-0.39, 0.29) is 0 Å². The van der Waals surface area contributed by atoms with Crippen molar-refractivity contribution in [3.05, 3.63) is 237 Å². The van der Waals surface area contributed by atoms with Gasteiger partial charge in [-0.1, -0.05) is 182 Å². The van der Waals surface area contributed by atoms with E-state index >= 15 is 0 Å². The van der Waals surface area contributed by atoms with Crippen LogP contribution in [0.2, 0.25) is 0 Å². The van der Waals surface area contributed by atoms with Gasteiger partial charge in [0.15, 0.2) is 28.7 Å². The van der Waals surface area contributed by atoms with E-state index in [0.717, 1.165) is 117 Å². The van der Waals surface area contributed by atoms with Crippen LogP contribution in [0.1, 0.15) is 0 Å². The van der Waals surface area contributed by atoms with Gasteiger partial charge in [-0.2, -0.15) is 9.97 Å². The molecule has 14 rings (SSSR count). The smallest absolute Gasteiger partial charge is 0.238 e. The van der Waals surface area contributed by atoms with Crippen LogP contribution in [0.15, 0.2) is 241 Å². The molecule has 328 valence electrons. The van der Waals surface area contributed by atoms with Crippen LogP contribution in [0.3, 0.4) is 0 Å². The zero-order chi connectivity index (χ0) is 46.1. The van der Waals surface area contributed by atoms with E-state index in [1.54, 1.807) is 0 Å². The Morgan fingerprint density at radius 3 is 1.66 bits per heavy atom. The zero-order valence-electron chi connectivity index (χ0n) is 37.6. The van der Waals surface area contributed by atoms with Crippen LogP contribution in [0.4, 0.5) is 17.1 Å². The molecule has 0 N–H and O–H groups in total. The molecule has 0 radical (unpaired) electrons. The van der Waals surface area contributed by atoms with Gasteiger partial charge in [0.1, 0.15) is 5.58 Å². The van der Waals surface area contributed by atoms with Gasteiger partial charge in [-0.15, -0.1) is 0 Å². The maximum Gasteiger partial charge on any atom is 0.238 e. The molecule has 0 spiro atoms. The Kier molecular flexibility index (Phi) is 9.07. The molecule has 1 aliphatic rings. The highest BCUT2D eigenvalue weighted by molar-refractivity contribution is 6.12. The number of para-hydroxylation sites is 5. The molecular weight excluding hydrogens is 859 g/mol. The molecule has 0 aliphatic carbocycles. The summed E-state index contributed by atoms with van der Waals surface area (Å²) in [6.45, 7) is 0. The number of hydrogen-bond donors (Lipinski definition) is 0. The molecular formula is C63H39N5O2. The predicted octanol–water partition coefficient (Wildman–Crippen LogP) is 16.8. The number of fused-ring (bicyclic) bond motifs is 8. The van der Waals surface area contributed by atoms with Crippen molar-refractivity contribution in [1.82, 2.24) is 19.5 Å². The molecule has 0 atom stereocenters. The monoisotopic (exact) mass is 897 g/mol. The molecule has 0 amide bonds. The highest BCUT2D eigenvalue weighted by Gasteiger charge is 2.29. The second-order valence-corrected chi connectivity index (χ2v) is 17.6. The van der Waals surface area contributed by atoms with Gasteiger partial charge >= 0.3 is 0 Å². The summed E-state index contributed by atoms with van der Waals surface area (Å²) < 4.78 is 15.5. The van der Waals surface area contributed by atoms with Crippen molar-refractivity contribution in [2.45, 2.75) is 0 Å². The third-order valence-corrected chi connectivity index (χ3v) is 13.5. The third-order valence-electron chi connectivity index (χ3n) is 13.5. The minimum Gasteiger partial charge on any atom is -0.454 e. The Morgan fingerprint density at radius 2 is 0.843 bits per heavy atom. The Morgan fingerprint density at radius 1 is 0.314 bits per heavy atom. The zero-order valence-corrected chi connectivity index (χ0v) is 37.6. The summed E-state index contributed by atoms with van der Waals surface area (Å²) >= 11 is 0. The largest absolute Gasteiger partial charge is 0.454 e. The first kappa shape index (κ1) is 39.6. The van der Waals surface area contributed by atoms with Gasteiger partial charge < -0.3 is 9.15 Å². The summed E-state index contributed by atoms with van der Waals surface area (Å²) in [6, 6.07) is 82.1. The summed E-state index contributed by atoms with van der Waals surface area (Å²) in [5.41, 5.74) is 14.9. The lowest BCUT2D eigenvalue weighted by Crippen LogP contribution is -2.16. The summed E-state index contributed by atoms with van der Waals surface area (Å²) in [5, 5.41) is 4.40. The highest BCUT2D eigenvalue weighted by Crippen LogP contribution is 2.53. The van der Waals surface area contributed by atoms with Crippen molar-refractivity contribution < 1.29 is 9.15 Å². The van der Waals surface area contributed by atoms with Gasteiger partial charge in [0, 0.05) is 32.7 Å². The first-order chi connectivity index (χ1) is 34.7. The lowest BCUT2D eigenvalue weighted by atomic mass is 9.97. The van der Waals surface area contributed by atoms with Crippen LogP contribution in [-0.2, 0) is 0 Å². The lowest BCUT2D eigenvalue weighted by Gasteiger charge is -2.33. The maximum absolute atomic E-state index is 6.71. The number of aromatic nitrogens is 4. The molecule has 4 heterocycles. The molecule has 10 aromatic carbocycles. The number of benzene rings is 10. The molecule has 0 unspecified atom stereocenters. The Labute approximate surface area is 402 Å². The molecule has 1 aliphatic heterocycles. The number of rotatable bonds is 7. The fourth-order valence-corrected chi connectivity index (χ4v) is 10.1. The predicted molar refractivity (Wildman–Crippen MR) is 283 cm³/mol.